The van der Waals surface area contributed by atoms with E-state index < -0.39 is 0 Å². The third-order valence-electron chi connectivity index (χ3n) is 5.74. The number of hydrogen-bond acceptors (Lipinski definition) is 5. The highest BCUT2D eigenvalue weighted by Crippen LogP contribution is 2.26. The second-order valence-electron chi connectivity index (χ2n) is 7.94. The molecular formula is C26H27N3O4. The normalized spacial score (nSPS) is 14.9. The van der Waals surface area contributed by atoms with Crippen molar-refractivity contribution in [1.29, 1.82) is 0 Å². The van der Waals surface area contributed by atoms with E-state index in [1.807, 2.05) is 66.4 Å². The lowest BCUT2D eigenvalue weighted by atomic mass is 10.1. The maximum atomic E-state index is 12.8. The van der Waals surface area contributed by atoms with Crippen LogP contribution in [-0.4, -0.2) is 54.2 Å². The van der Waals surface area contributed by atoms with Crippen molar-refractivity contribution in [2.24, 2.45) is 0 Å². The van der Waals surface area contributed by atoms with Crippen molar-refractivity contribution in [3.63, 3.8) is 0 Å². The number of phenols is 1. The molecule has 2 amide bonds. The van der Waals surface area contributed by atoms with E-state index >= 15 is 0 Å². The summed E-state index contributed by atoms with van der Waals surface area (Å²) in [6, 6.07) is 21.6. The molecule has 170 valence electrons. The number of ether oxygens (including phenoxy) is 1. The van der Waals surface area contributed by atoms with E-state index in [0.717, 1.165) is 11.1 Å². The number of nitrogens with one attached hydrogen (secondary N) is 2. The first-order chi connectivity index (χ1) is 16.0. The molecule has 0 bridgehead atoms. The van der Waals surface area contributed by atoms with Gasteiger partial charge in [-0.1, -0.05) is 42.5 Å². The molecule has 1 aliphatic heterocycles. The zero-order valence-corrected chi connectivity index (χ0v) is 18.5. The molecule has 3 N–H and O–H groups in total. The summed E-state index contributed by atoms with van der Waals surface area (Å²) in [5.74, 6) is -0.679. The molecule has 1 unspecified atom stereocenters. The summed E-state index contributed by atoms with van der Waals surface area (Å²) in [7, 11) is 0. The number of anilines is 2. The second kappa shape index (κ2) is 10.3. The highest BCUT2D eigenvalue weighted by molar-refractivity contribution is 6.06. The van der Waals surface area contributed by atoms with E-state index in [1.54, 1.807) is 0 Å². The van der Waals surface area contributed by atoms with Gasteiger partial charge in [-0.05, 0) is 48.4 Å². The number of morpholine rings is 1. The minimum Gasteiger partial charge on any atom is -0.506 e. The number of benzene rings is 3. The van der Waals surface area contributed by atoms with Gasteiger partial charge in [0.2, 0.25) is 5.91 Å². The molecule has 0 spiro atoms. The summed E-state index contributed by atoms with van der Waals surface area (Å²) >= 11 is 0. The molecule has 1 saturated heterocycles. The zero-order chi connectivity index (χ0) is 23.2. The molecule has 0 aromatic heterocycles. The van der Waals surface area contributed by atoms with Crippen molar-refractivity contribution in [1.82, 2.24) is 4.90 Å². The van der Waals surface area contributed by atoms with Crippen LogP contribution in [0.25, 0.3) is 11.1 Å². The second-order valence-corrected chi connectivity index (χ2v) is 7.94. The largest absolute Gasteiger partial charge is 0.506 e. The van der Waals surface area contributed by atoms with Gasteiger partial charge in [0.1, 0.15) is 5.75 Å². The summed E-state index contributed by atoms with van der Waals surface area (Å²) in [5.41, 5.74) is 3.33. The number of hydrogen-bond donors (Lipinski definition) is 3. The van der Waals surface area contributed by atoms with Gasteiger partial charge in [-0.3, -0.25) is 14.5 Å². The molecule has 3 aromatic rings. The molecule has 0 radical (unpaired) electrons. The number of carbonyl (C=O) groups excluding carboxylic acids is 2. The molecule has 1 heterocycles. The van der Waals surface area contributed by atoms with Crippen molar-refractivity contribution in [3.8, 4) is 16.9 Å². The molecule has 1 fully saturated rings. The first-order valence-corrected chi connectivity index (χ1v) is 10.9. The van der Waals surface area contributed by atoms with E-state index in [0.29, 0.717) is 37.6 Å². The number of rotatable bonds is 6. The van der Waals surface area contributed by atoms with E-state index in [2.05, 4.69) is 10.6 Å². The van der Waals surface area contributed by atoms with Gasteiger partial charge in [0.15, 0.2) is 0 Å². The Bertz CT molecular complexity index is 1110. The molecule has 33 heavy (non-hydrogen) atoms. The van der Waals surface area contributed by atoms with Crippen LogP contribution in [0, 0.1) is 0 Å². The SMILES string of the molecule is CC(C(=O)Nc1cc(C(=O)Nc2ccc(-c3ccccc3)cc2)ccc1O)N1CCOCC1. The van der Waals surface area contributed by atoms with Crippen molar-refractivity contribution < 1.29 is 19.4 Å². The Hall–Kier alpha value is -3.68. The summed E-state index contributed by atoms with van der Waals surface area (Å²) in [4.78, 5) is 27.5. The number of amides is 2. The van der Waals surface area contributed by atoms with Gasteiger partial charge in [-0.15, -0.1) is 0 Å². The molecule has 4 rings (SSSR count). The van der Waals surface area contributed by atoms with Crippen LogP contribution < -0.4 is 10.6 Å². The van der Waals surface area contributed by atoms with Crippen LogP contribution in [0.4, 0.5) is 11.4 Å². The van der Waals surface area contributed by atoms with Crippen LogP contribution >= 0.6 is 0 Å². The zero-order valence-electron chi connectivity index (χ0n) is 18.5. The van der Waals surface area contributed by atoms with E-state index in [9.17, 15) is 14.7 Å². The van der Waals surface area contributed by atoms with E-state index in [1.165, 1.54) is 18.2 Å². The van der Waals surface area contributed by atoms with E-state index in [-0.39, 0.29) is 29.3 Å². The average Bonchev–Trinajstić information content (AvgIpc) is 2.86. The Morgan fingerprint density at radius 1 is 0.909 bits per heavy atom. The van der Waals surface area contributed by atoms with Crippen LogP contribution in [-0.2, 0) is 9.53 Å². The third-order valence-corrected chi connectivity index (χ3v) is 5.74. The Balaban J connectivity index is 1.42. The fourth-order valence-corrected chi connectivity index (χ4v) is 3.73. The van der Waals surface area contributed by atoms with Crippen LogP contribution in [0.2, 0.25) is 0 Å². The molecule has 7 heteroatoms. The smallest absolute Gasteiger partial charge is 0.255 e. The summed E-state index contributed by atoms with van der Waals surface area (Å²) < 4.78 is 5.33. The van der Waals surface area contributed by atoms with Crippen LogP contribution in [0.1, 0.15) is 17.3 Å². The molecule has 0 saturated carbocycles. The van der Waals surface area contributed by atoms with Gasteiger partial charge in [0.05, 0.1) is 24.9 Å². The quantitative estimate of drug-likeness (QED) is 0.500. The van der Waals surface area contributed by atoms with Crippen LogP contribution in [0.3, 0.4) is 0 Å². The van der Waals surface area contributed by atoms with Crippen LogP contribution in [0.15, 0.2) is 72.8 Å². The number of carbonyl (C=O) groups is 2. The number of phenolic OH excluding ortho intramolecular Hbond substituents is 1. The predicted molar refractivity (Wildman–Crippen MR) is 128 cm³/mol. The molecule has 1 aliphatic rings. The van der Waals surface area contributed by atoms with E-state index in [4.69, 9.17) is 4.74 Å². The fourth-order valence-electron chi connectivity index (χ4n) is 3.73. The monoisotopic (exact) mass is 445 g/mol. The standard InChI is InChI=1S/C26H27N3O4/c1-18(29-13-15-33-16-14-29)25(31)28-23-17-21(9-12-24(23)30)26(32)27-22-10-7-20(8-11-22)19-5-3-2-4-6-19/h2-12,17-18,30H,13-16H2,1H3,(H,27,32)(H,28,31). The third kappa shape index (κ3) is 5.58. The number of aromatic hydroxyl groups is 1. The fraction of sp³-hybridized carbons (Fsp3) is 0.231. The minimum absolute atomic E-state index is 0.0960. The first kappa shape index (κ1) is 22.5. The lowest BCUT2D eigenvalue weighted by molar-refractivity contribution is -0.122. The topological polar surface area (TPSA) is 90.9 Å². The lowest BCUT2D eigenvalue weighted by Crippen LogP contribution is -2.47. The highest BCUT2D eigenvalue weighted by Gasteiger charge is 2.24. The minimum atomic E-state index is -0.381. The van der Waals surface area contributed by atoms with Crippen molar-refractivity contribution >= 4 is 23.2 Å². The lowest BCUT2D eigenvalue weighted by Gasteiger charge is -2.31. The Morgan fingerprint density at radius 2 is 1.58 bits per heavy atom. The molecule has 3 aromatic carbocycles. The molecule has 7 nitrogen and oxygen atoms in total. The summed E-state index contributed by atoms with van der Waals surface area (Å²) in [5, 5.41) is 15.8. The van der Waals surface area contributed by atoms with Gasteiger partial charge >= 0.3 is 0 Å². The van der Waals surface area contributed by atoms with Crippen molar-refractivity contribution in [2.45, 2.75) is 13.0 Å². The van der Waals surface area contributed by atoms with Gasteiger partial charge in [-0.2, -0.15) is 0 Å². The molecular weight excluding hydrogens is 418 g/mol. The maximum absolute atomic E-state index is 12.8. The molecule has 0 aliphatic carbocycles. The summed E-state index contributed by atoms with van der Waals surface area (Å²) in [6.45, 7) is 4.33. The maximum Gasteiger partial charge on any atom is 0.255 e. The number of nitrogens with zero attached hydrogens (tertiary/aromatic N) is 1. The predicted octanol–water partition coefficient (Wildman–Crippen LogP) is 3.97. The summed E-state index contributed by atoms with van der Waals surface area (Å²) in [6.07, 6.45) is 0. The van der Waals surface area contributed by atoms with Crippen LogP contribution in [0.5, 0.6) is 5.75 Å². The Labute approximate surface area is 193 Å². The Kier molecular flexibility index (Phi) is 7.02. The first-order valence-electron chi connectivity index (χ1n) is 10.9. The highest BCUT2D eigenvalue weighted by atomic mass is 16.5. The van der Waals surface area contributed by atoms with Gasteiger partial charge in [-0.25, -0.2) is 0 Å². The van der Waals surface area contributed by atoms with Crippen molar-refractivity contribution in [2.75, 3.05) is 36.9 Å². The average molecular weight is 446 g/mol. The molecule has 1 atom stereocenters. The Morgan fingerprint density at radius 3 is 2.27 bits per heavy atom. The van der Waals surface area contributed by atoms with Gasteiger partial charge in [0, 0.05) is 24.3 Å². The van der Waals surface area contributed by atoms with Gasteiger partial charge in [0.25, 0.3) is 5.91 Å². The van der Waals surface area contributed by atoms with Crippen molar-refractivity contribution in [3.05, 3.63) is 78.4 Å². The van der Waals surface area contributed by atoms with Gasteiger partial charge < -0.3 is 20.5 Å².